The number of hydrogen-bond donors (Lipinski definition) is 10. The van der Waals surface area contributed by atoms with Gasteiger partial charge in [-0.3, -0.25) is 56.2 Å². The minimum absolute atomic E-state index is 0.00502. The van der Waals surface area contributed by atoms with Crippen molar-refractivity contribution in [1.82, 2.24) is 60.3 Å². The molecule has 5 aromatic rings. The number of amides is 4. The van der Waals surface area contributed by atoms with Crippen LogP contribution in [0.3, 0.4) is 0 Å². The third-order valence-corrected chi connectivity index (χ3v) is 25.1. The molecule has 3 fully saturated rings. The van der Waals surface area contributed by atoms with Gasteiger partial charge in [0.15, 0.2) is 35.4 Å². The predicted octanol–water partition coefficient (Wildman–Crippen LogP) is -4.16. The third-order valence-electron chi connectivity index (χ3n) is 19.1. The molecule has 3 aliphatic rings. The van der Waals surface area contributed by atoms with E-state index in [1.807, 2.05) is 24.3 Å². The molecule has 12 N–H and O–H groups in total. The first-order chi connectivity index (χ1) is 53.8. The van der Waals surface area contributed by atoms with Crippen molar-refractivity contribution in [2.45, 2.75) is 180 Å². The second kappa shape index (κ2) is 39.0. The Labute approximate surface area is 661 Å². The number of phosphoric ester groups is 6. The Morgan fingerprint density at radius 3 is 1.33 bits per heavy atom. The van der Waals surface area contributed by atoms with E-state index < -0.39 is 180 Å². The van der Waals surface area contributed by atoms with Gasteiger partial charge in [0, 0.05) is 73.5 Å². The highest BCUT2D eigenvalue weighted by molar-refractivity contribution is 7.60. The number of benzene rings is 1. The molecule has 2 aliphatic heterocycles. The van der Waals surface area contributed by atoms with Gasteiger partial charge in [0.05, 0.1) is 54.7 Å². The summed E-state index contributed by atoms with van der Waals surface area (Å²) in [6, 6.07) is 7.99. The largest absolute Gasteiger partial charge is 0.790 e. The molecule has 4 amide bonds. The van der Waals surface area contributed by atoms with E-state index in [1.54, 1.807) is 13.8 Å². The number of nitrogens with zero attached hydrogens (tertiary/aromatic N) is 8. The summed E-state index contributed by atoms with van der Waals surface area (Å²) in [6.45, 7) is 2.89. The number of aliphatic hydroxyl groups excluding tert-OH is 4. The van der Waals surface area contributed by atoms with Crippen molar-refractivity contribution < 1.29 is 161 Å². The molecule has 1 saturated carbocycles. The van der Waals surface area contributed by atoms with Gasteiger partial charge < -0.3 is 138 Å². The van der Waals surface area contributed by atoms with Gasteiger partial charge in [-0.1, -0.05) is 65.8 Å². The zero-order valence-electron chi connectivity index (χ0n) is 63.0. The second-order valence-corrected chi connectivity index (χ2v) is 37.6. The first-order valence-corrected chi connectivity index (χ1v) is 44.4. The average Bonchev–Trinajstić information content (AvgIpc) is 1.62. The van der Waals surface area contributed by atoms with Gasteiger partial charge in [-0.15, -0.1) is 0 Å². The lowest BCUT2D eigenvalue weighted by molar-refractivity contribution is -0.348. The Morgan fingerprint density at radius 1 is 0.552 bits per heavy atom. The van der Waals surface area contributed by atoms with Crippen LogP contribution in [-0.4, -0.2) is 196 Å². The standard InChI is InChI=1S/C62H96N14O34P6/c1-59(2,39(77)15-23-65-41(79)17-25-67-55(85)49(83)60(3,4)29-103-115(97,98)109-113(93,94)101-27-37-47(107-111(87,88)89)45(81)57(105-37)75-33-73-43-51(63)69-31-71-53(43)75)19-7-9-35-11-13-36(14-12-35)10-8-20-62(21-22-62)40(78)16-24-66-42(80)18-26-68-56(86)50(84)61(5,6)30-104-116(99,100)110-114(95,96)102-28-38-48(108-112(90,91)92)46(82)58(106-38)76-34-74-44-52(64)70-32-72-54(44)76/h11-14,31-34,37-38,45-50,57-58,81-84H,7-10,15-30H2,1-6H3,(H,65,79)(H,66,80)(H,67,85)(H,68,86)(H,93,94)(H,95,96)(H,97,98)(H,99,100)(H2,63,69,71)(H2,64,70,72)(H2,87,88,89)(H2,90,91,92)/p-8. The molecule has 648 valence electrons. The number of ether oxygens (including phenoxy) is 2. The van der Waals surface area contributed by atoms with Gasteiger partial charge in [-0.05, 0) is 62.5 Å². The number of carbonyl (C=O) groups is 6. The first kappa shape index (κ1) is 95.1. The van der Waals surface area contributed by atoms with Crippen LogP contribution in [0.1, 0.15) is 129 Å². The Kier molecular flexibility index (Phi) is 32.0. The molecule has 6 heterocycles. The number of carbonyl (C=O) groups excluding carboxylic acids is 6. The maximum Gasteiger partial charge on any atom is 0.274 e. The summed E-state index contributed by atoms with van der Waals surface area (Å²) in [6.07, 6.45) is -10.6. The third kappa shape index (κ3) is 27.1. The highest BCUT2D eigenvalue weighted by Gasteiger charge is 2.51. The van der Waals surface area contributed by atoms with E-state index in [0.717, 1.165) is 52.0 Å². The number of ketones is 2. The van der Waals surface area contributed by atoms with Crippen LogP contribution < -0.4 is 71.9 Å². The predicted molar refractivity (Wildman–Crippen MR) is 379 cm³/mol. The summed E-state index contributed by atoms with van der Waals surface area (Å²) < 4.78 is 123. The maximum atomic E-state index is 13.3. The minimum atomic E-state index is -6.00. The summed E-state index contributed by atoms with van der Waals surface area (Å²) in [5, 5.41) is 53.2. The van der Waals surface area contributed by atoms with Crippen LogP contribution >= 0.6 is 46.9 Å². The second-order valence-electron chi connectivity index (χ2n) is 29.5. The topological polar surface area (TPSA) is 750 Å². The number of aryl methyl sites for hydroxylation is 2. The molecule has 48 nitrogen and oxygen atoms in total. The summed E-state index contributed by atoms with van der Waals surface area (Å²) in [5.74, 6) is -3.59. The van der Waals surface area contributed by atoms with Gasteiger partial charge in [-0.2, -0.15) is 0 Å². The lowest BCUT2D eigenvalue weighted by Crippen LogP contribution is -2.46. The highest BCUT2D eigenvalue weighted by atomic mass is 31.3. The number of rotatable bonds is 48. The molecular formula is C62H88N14O34P6-8. The van der Waals surface area contributed by atoms with E-state index in [2.05, 4.69) is 86.9 Å². The fraction of sp³-hybridized carbons (Fsp3) is 0.645. The Balaban J connectivity index is 0.644. The van der Waals surface area contributed by atoms with Crippen LogP contribution in [-0.2, 0) is 114 Å². The number of fused-ring (bicyclic) bond motifs is 2. The number of nitrogens with two attached hydrogens (primary N) is 2. The molecular weight excluding hydrogens is 1670 g/mol. The van der Waals surface area contributed by atoms with Crippen LogP contribution in [0.15, 0.2) is 49.6 Å². The number of nitrogens with one attached hydrogen (secondary N) is 4. The SMILES string of the molecule is CC(C)(CCCc1ccc(CCCC2(C(=O)CCNC(=O)CCNC(=O)C(O)C(C)(C)COP(=O)([O-])OP(=O)([O-])OCC3OC(n4cnc5c(N)ncnc54)C(O)C3OP(=O)([O-])[O-])CC2)cc1)C(=O)CCNC(=O)CCNC(=O)C(O)C(C)(C)COP(=O)([O-])OP(=O)([O-])OCC1OC(n2cnc3c(N)ncnc32)C(O)C1OP(=O)([O-])[O-]. The van der Waals surface area contributed by atoms with Gasteiger partial charge in [0.1, 0.15) is 84.1 Å². The number of imidazole rings is 2. The van der Waals surface area contributed by atoms with Crippen LogP contribution in [0, 0.1) is 21.7 Å². The lowest BCUT2D eigenvalue weighted by atomic mass is 9.81. The number of nitrogen functional groups attached to an aromatic ring is 2. The van der Waals surface area contributed by atoms with E-state index in [0.29, 0.717) is 44.9 Å². The molecule has 0 spiro atoms. The minimum Gasteiger partial charge on any atom is -0.790 e. The summed E-state index contributed by atoms with van der Waals surface area (Å²) in [4.78, 5) is 198. The molecule has 4 aromatic heterocycles. The van der Waals surface area contributed by atoms with Crippen molar-refractivity contribution in [1.29, 1.82) is 0 Å². The van der Waals surface area contributed by atoms with Crippen LogP contribution in [0.5, 0.6) is 0 Å². The fourth-order valence-electron chi connectivity index (χ4n) is 12.3. The van der Waals surface area contributed by atoms with Crippen LogP contribution in [0.2, 0.25) is 0 Å². The van der Waals surface area contributed by atoms with E-state index in [1.165, 1.54) is 27.7 Å². The summed E-state index contributed by atoms with van der Waals surface area (Å²) >= 11 is 0. The van der Waals surface area contributed by atoms with Crippen molar-refractivity contribution in [2.24, 2.45) is 21.7 Å². The Bertz CT molecular complexity index is 4350. The van der Waals surface area contributed by atoms with Crippen molar-refractivity contribution in [3.63, 3.8) is 0 Å². The Morgan fingerprint density at radius 2 is 0.931 bits per heavy atom. The number of hydrogen-bond acceptors (Lipinski definition) is 42. The molecule has 2 saturated heterocycles. The quantitative estimate of drug-likeness (QED) is 0.0165. The van der Waals surface area contributed by atoms with Gasteiger partial charge in [0.2, 0.25) is 23.6 Å². The van der Waals surface area contributed by atoms with Gasteiger partial charge >= 0.3 is 0 Å². The number of anilines is 2. The molecule has 1 aliphatic carbocycles. The van der Waals surface area contributed by atoms with Crippen LogP contribution in [0.25, 0.3) is 22.3 Å². The number of aromatic nitrogens is 8. The smallest absolute Gasteiger partial charge is 0.274 e. The molecule has 14 atom stereocenters. The summed E-state index contributed by atoms with van der Waals surface area (Å²) in [7, 11) is -35.6. The van der Waals surface area contributed by atoms with Crippen molar-refractivity contribution in [3.05, 3.63) is 60.7 Å². The van der Waals surface area contributed by atoms with Gasteiger partial charge in [-0.25, -0.2) is 38.5 Å². The van der Waals surface area contributed by atoms with E-state index in [-0.39, 0.29) is 97.4 Å². The van der Waals surface area contributed by atoms with Crippen molar-refractivity contribution >= 4 is 116 Å². The molecule has 116 heavy (non-hydrogen) atoms. The van der Waals surface area contributed by atoms with E-state index in [4.69, 9.17) is 20.9 Å². The maximum absolute atomic E-state index is 13.3. The molecule has 0 radical (unpaired) electrons. The highest BCUT2D eigenvalue weighted by Crippen LogP contribution is 2.58. The molecule has 14 unspecified atom stereocenters. The molecule has 1 aromatic carbocycles. The fourth-order valence-corrected chi connectivity index (χ4v) is 17.7. The zero-order valence-corrected chi connectivity index (χ0v) is 68.4. The number of phosphoric acid groups is 6. The monoisotopic (exact) mass is 1760 g/mol. The summed E-state index contributed by atoms with van der Waals surface area (Å²) in [5.41, 5.74) is 8.77. The first-order valence-electron chi connectivity index (χ1n) is 35.6. The van der Waals surface area contributed by atoms with E-state index in [9.17, 15) is 116 Å². The normalized spacial score (nSPS) is 22.5. The van der Waals surface area contributed by atoms with E-state index >= 15 is 0 Å². The molecule has 0 bridgehead atoms. The number of Topliss-reactive ketones (excluding diaryl/α,β-unsaturated/α-hetero) is 2. The lowest BCUT2D eigenvalue weighted by Gasteiger charge is -2.36. The van der Waals surface area contributed by atoms with Gasteiger partial charge in [0.25, 0.3) is 31.3 Å². The number of aliphatic hydroxyl groups is 4. The average molecular weight is 1760 g/mol. The van der Waals surface area contributed by atoms with Crippen molar-refractivity contribution in [3.8, 4) is 0 Å². The zero-order chi connectivity index (χ0) is 86.0. The van der Waals surface area contributed by atoms with Crippen molar-refractivity contribution in [2.75, 3.05) is 64.1 Å². The van der Waals surface area contributed by atoms with Crippen LogP contribution in [0.4, 0.5) is 11.6 Å². The molecule has 8 rings (SSSR count). The Hall–Kier alpha value is -6.36. The molecule has 54 heteroatoms.